The Balaban J connectivity index is 1.91. The molecular formula is C23H38. The van der Waals surface area contributed by atoms with Gasteiger partial charge in [0.15, 0.2) is 0 Å². The van der Waals surface area contributed by atoms with Crippen molar-refractivity contribution in [2.45, 2.75) is 91.4 Å². The Kier molecular flexibility index (Phi) is 8.20. The van der Waals surface area contributed by atoms with Crippen molar-refractivity contribution in [3.8, 4) is 0 Å². The van der Waals surface area contributed by atoms with Crippen LogP contribution in [0, 0.1) is 17.8 Å². The lowest BCUT2D eigenvalue weighted by molar-refractivity contribution is 0.394. The van der Waals surface area contributed by atoms with Gasteiger partial charge in [-0.15, -0.1) is 0 Å². The van der Waals surface area contributed by atoms with E-state index in [9.17, 15) is 0 Å². The third kappa shape index (κ3) is 6.32. The molecule has 0 aromatic carbocycles. The fourth-order valence-corrected chi connectivity index (χ4v) is 4.28. The van der Waals surface area contributed by atoms with Crippen molar-refractivity contribution in [1.82, 2.24) is 0 Å². The van der Waals surface area contributed by atoms with E-state index < -0.39 is 0 Å². The van der Waals surface area contributed by atoms with Crippen LogP contribution in [-0.4, -0.2) is 0 Å². The normalized spacial score (nSPS) is 29.3. The summed E-state index contributed by atoms with van der Waals surface area (Å²) >= 11 is 0. The summed E-state index contributed by atoms with van der Waals surface area (Å²) in [5, 5.41) is 0. The minimum Gasteiger partial charge on any atom is -0.0885 e. The van der Waals surface area contributed by atoms with Crippen molar-refractivity contribution < 1.29 is 0 Å². The summed E-state index contributed by atoms with van der Waals surface area (Å²) in [4.78, 5) is 0. The van der Waals surface area contributed by atoms with Crippen LogP contribution in [0.3, 0.4) is 0 Å². The van der Waals surface area contributed by atoms with Crippen LogP contribution in [0.1, 0.15) is 91.4 Å². The van der Waals surface area contributed by atoms with Crippen LogP contribution >= 0.6 is 0 Å². The third-order valence-electron chi connectivity index (χ3n) is 5.95. The molecule has 2 aliphatic rings. The third-order valence-corrected chi connectivity index (χ3v) is 5.95. The van der Waals surface area contributed by atoms with E-state index in [4.69, 9.17) is 0 Å². The molecule has 0 bridgehead atoms. The summed E-state index contributed by atoms with van der Waals surface area (Å²) in [7, 11) is 0. The molecule has 3 atom stereocenters. The van der Waals surface area contributed by atoms with Crippen molar-refractivity contribution in [2.75, 3.05) is 0 Å². The molecule has 0 heteroatoms. The van der Waals surface area contributed by atoms with E-state index in [1.165, 1.54) is 70.6 Å². The van der Waals surface area contributed by atoms with Crippen molar-refractivity contribution in [2.24, 2.45) is 17.8 Å². The first kappa shape index (κ1) is 18.6. The highest BCUT2D eigenvalue weighted by atomic mass is 14.3. The Morgan fingerprint density at radius 1 is 1.13 bits per heavy atom. The summed E-state index contributed by atoms with van der Waals surface area (Å²) in [5.74, 6) is 2.42. The Morgan fingerprint density at radius 3 is 2.70 bits per heavy atom. The molecule has 0 fully saturated rings. The molecule has 0 amide bonds. The van der Waals surface area contributed by atoms with Crippen LogP contribution in [0.5, 0.6) is 0 Å². The van der Waals surface area contributed by atoms with Crippen LogP contribution < -0.4 is 0 Å². The number of hydrogen-bond donors (Lipinski definition) is 0. The second kappa shape index (κ2) is 10.2. The van der Waals surface area contributed by atoms with Gasteiger partial charge in [0.25, 0.3) is 0 Å². The van der Waals surface area contributed by atoms with Gasteiger partial charge >= 0.3 is 0 Å². The maximum Gasteiger partial charge on any atom is -0.0192 e. The van der Waals surface area contributed by atoms with E-state index in [0.29, 0.717) is 0 Å². The molecule has 0 nitrogen and oxygen atoms in total. The minimum absolute atomic E-state index is 0.771. The Hall–Kier alpha value is -0.780. The predicted octanol–water partition coefficient (Wildman–Crippen LogP) is 7.62. The van der Waals surface area contributed by atoms with E-state index in [1.54, 1.807) is 11.1 Å². The first-order chi connectivity index (χ1) is 11.2. The monoisotopic (exact) mass is 314 g/mol. The fourth-order valence-electron chi connectivity index (χ4n) is 4.28. The van der Waals surface area contributed by atoms with Crippen LogP contribution in [0.2, 0.25) is 0 Å². The minimum atomic E-state index is 0.771. The van der Waals surface area contributed by atoms with E-state index in [2.05, 4.69) is 45.1 Å². The Bertz CT molecular complexity index is 423. The van der Waals surface area contributed by atoms with Gasteiger partial charge in [-0.1, -0.05) is 62.1 Å². The SMILES string of the molecule is CCCC/C=C\CC[C@H]1C=C(C)[C@@H](C)CC(C2=CCCCC2)C1. The topological polar surface area (TPSA) is 0 Å². The molecule has 130 valence electrons. The zero-order valence-electron chi connectivity index (χ0n) is 15.8. The standard InChI is InChI=1S/C23H38/c1-4-5-6-7-8-10-13-21-16-19(2)20(3)17-23(18-21)22-14-11-9-12-15-22/h7-8,14,16,20-21,23H,4-6,9-13,15,17-18H2,1-3H3/b8-7-/t20-,21-,23?/m0/s1. The van der Waals surface area contributed by atoms with Gasteiger partial charge in [0, 0.05) is 0 Å². The Labute approximate surface area is 145 Å². The summed E-state index contributed by atoms with van der Waals surface area (Å²) in [6, 6.07) is 0. The van der Waals surface area contributed by atoms with Gasteiger partial charge in [-0.25, -0.2) is 0 Å². The fraction of sp³-hybridized carbons (Fsp3) is 0.739. The van der Waals surface area contributed by atoms with Crippen molar-refractivity contribution in [3.63, 3.8) is 0 Å². The quantitative estimate of drug-likeness (QED) is 0.335. The maximum atomic E-state index is 2.62. The second-order valence-electron chi connectivity index (χ2n) is 7.96. The summed E-state index contributed by atoms with van der Waals surface area (Å²) in [6.07, 6.45) is 24.9. The highest BCUT2D eigenvalue weighted by Gasteiger charge is 2.25. The molecule has 1 unspecified atom stereocenters. The van der Waals surface area contributed by atoms with Gasteiger partial charge in [-0.2, -0.15) is 0 Å². The maximum absolute atomic E-state index is 2.62. The van der Waals surface area contributed by atoms with E-state index >= 15 is 0 Å². The molecule has 2 aliphatic carbocycles. The highest BCUT2D eigenvalue weighted by Crippen LogP contribution is 2.39. The average Bonchev–Trinajstić information content (AvgIpc) is 2.71. The lowest BCUT2D eigenvalue weighted by Crippen LogP contribution is -2.12. The average molecular weight is 315 g/mol. The van der Waals surface area contributed by atoms with Gasteiger partial charge in [-0.05, 0) is 82.5 Å². The van der Waals surface area contributed by atoms with E-state index in [0.717, 1.165) is 17.8 Å². The van der Waals surface area contributed by atoms with E-state index in [-0.39, 0.29) is 0 Å². The molecular weight excluding hydrogens is 276 g/mol. The molecule has 0 saturated carbocycles. The molecule has 2 rings (SSSR count). The van der Waals surface area contributed by atoms with Crippen molar-refractivity contribution in [1.29, 1.82) is 0 Å². The first-order valence-electron chi connectivity index (χ1n) is 10.2. The number of allylic oxidation sites excluding steroid dienone is 6. The lowest BCUT2D eigenvalue weighted by atomic mass is 9.80. The Morgan fingerprint density at radius 2 is 1.96 bits per heavy atom. The van der Waals surface area contributed by atoms with Gasteiger partial charge in [-0.3, -0.25) is 0 Å². The molecule has 0 heterocycles. The predicted molar refractivity (Wildman–Crippen MR) is 104 cm³/mol. The number of rotatable bonds is 7. The van der Waals surface area contributed by atoms with Crippen LogP contribution in [0.25, 0.3) is 0 Å². The van der Waals surface area contributed by atoms with Crippen LogP contribution in [-0.2, 0) is 0 Å². The first-order valence-corrected chi connectivity index (χ1v) is 10.2. The summed E-state index contributed by atoms with van der Waals surface area (Å²) in [6.45, 7) is 7.08. The second-order valence-corrected chi connectivity index (χ2v) is 7.96. The molecule has 0 N–H and O–H groups in total. The highest BCUT2D eigenvalue weighted by molar-refractivity contribution is 5.16. The molecule has 0 radical (unpaired) electrons. The van der Waals surface area contributed by atoms with Crippen LogP contribution in [0.4, 0.5) is 0 Å². The molecule has 0 aromatic rings. The zero-order chi connectivity index (χ0) is 16.5. The van der Waals surface area contributed by atoms with Gasteiger partial charge < -0.3 is 0 Å². The number of unbranched alkanes of at least 4 members (excludes halogenated alkanes) is 2. The van der Waals surface area contributed by atoms with E-state index in [1.807, 2.05) is 0 Å². The molecule has 0 spiro atoms. The molecule has 0 aliphatic heterocycles. The lowest BCUT2D eigenvalue weighted by Gasteiger charge is -2.26. The summed E-state index contributed by atoms with van der Waals surface area (Å²) in [5.41, 5.74) is 3.44. The van der Waals surface area contributed by atoms with Crippen molar-refractivity contribution in [3.05, 3.63) is 35.5 Å². The zero-order valence-corrected chi connectivity index (χ0v) is 15.8. The summed E-state index contributed by atoms with van der Waals surface area (Å²) < 4.78 is 0. The number of hydrogen-bond acceptors (Lipinski definition) is 0. The molecule has 23 heavy (non-hydrogen) atoms. The molecule has 0 aromatic heterocycles. The smallest absolute Gasteiger partial charge is 0.0192 e. The van der Waals surface area contributed by atoms with Crippen molar-refractivity contribution >= 4 is 0 Å². The largest absolute Gasteiger partial charge is 0.0885 e. The van der Waals surface area contributed by atoms with Gasteiger partial charge in [0.1, 0.15) is 0 Å². The molecule has 0 saturated heterocycles. The van der Waals surface area contributed by atoms with Crippen LogP contribution in [0.15, 0.2) is 35.5 Å². The van der Waals surface area contributed by atoms with Gasteiger partial charge in [0.2, 0.25) is 0 Å². The van der Waals surface area contributed by atoms with Gasteiger partial charge in [0.05, 0.1) is 0 Å².